The highest BCUT2D eigenvalue weighted by molar-refractivity contribution is 6.76. The van der Waals surface area contributed by atoms with Crippen molar-refractivity contribution in [2.75, 3.05) is 17.7 Å². The molecule has 71 heavy (non-hydrogen) atoms. The molecule has 368 valence electrons. The zero-order valence-corrected chi connectivity index (χ0v) is 41.9. The first-order valence-electron chi connectivity index (χ1n) is 24.4. The van der Waals surface area contributed by atoms with E-state index in [1.165, 1.54) is 12.8 Å². The van der Waals surface area contributed by atoms with Gasteiger partial charge in [-0.2, -0.15) is 30.6 Å². The summed E-state index contributed by atoms with van der Waals surface area (Å²) in [5.41, 5.74) is 16.4. The third-order valence-electron chi connectivity index (χ3n) is 14.1. The highest BCUT2D eigenvalue weighted by Gasteiger charge is 2.45. The van der Waals surface area contributed by atoms with Crippen LogP contribution in [-0.2, 0) is 51.2 Å². The maximum absolute atomic E-state index is 12.9. The van der Waals surface area contributed by atoms with Crippen LogP contribution in [0.15, 0.2) is 110 Å². The minimum atomic E-state index is -1.09. The van der Waals surface area contributed by atoms with Gasteiger partial charge in [0.15, 0.2) is 11.4 Å². The van der Waals surface area contributed by atoms with Crippen LogP contribution in [0.5, 0.6) is 0 Å². The number of amides is 1. The van der Waals surface area contributed by atoms with E-state index in [-0.39, 0.29) is 23.7 Å². The largest absolute Gasteiger partial charge is 0.476 e. The third-order valence-corrected chi connectivity index (χ3v) is 15.8. The van der Waals surface area contributed by atoms with E-state index < -0.39 is 14.0 Å². The number of aromatic nitrogens is 12. The topological polar surface area (TPSA) is 219 Å². The fourth-order valence-electron chi connectivity index (χ4n) is 10.1. The second kappa shape index (κ2) is 19.8. The smallest absolute Gasteiger partial charge is 0.356 e. The van der Waals surface area contributed by atoms with Crippen molar-refractivity contribution in [3.63, 3.8) is 0 Å². The molecule has 19 heteroatoms. The Labute approximate surface area is 413 Å². The van der Waals surface area contributed by atoms with Crippen molar-refractivity contribution in [2.45, 2.75) is 83.0 Å². The predicted molar refractivity (Wildman–Crippen MR) is 270 cm³/mol. The number of nitrogen functional groups attached to an aromatic ring is 1. The van der Waals surface area contributed by atoms with Gasteiger partial charge in [0.2, 0.25) is 0 Å². The quantitative estimate of drug-likeness (QED) is 0.0620. The lowest BCUT2D eigenvalue weighted by molar-refractivity contribution is 0.0668. The number of carboxylic acid groups (broad SMARTS) is 1. The number of aromatic amines is 1. The normalized spacial score (nSPS) is 19.1. The van der Waals surface area contributed by atoms with Crippen LogP contribution in [0.25, 0.3) is 0 Å². The van der Waals surface area contributed by atoms with Gasteiger partial charge in [0, 0.05) is 87.2 Å². The Morgan fingerprint density at radius 1 is 0.732 bits per heavy atom. The summed E-state index contributed by atoms with van der Waals surface area (Å²) in [6, 6.07) is 21.3. The molecule has 1 amide bonds. The Hall–Kier alpha value is -7.38. The molecule has 6 aromatic heterocycles. The molecular weight excluding hydrogens is 913 g/mol. The van der Waals surface area contributed by atoms with E-state index in [2.05, 4.69) is 84.9 Å². The maximum Gasteiger partial charge on any atom is 0.356 e. The van der Waals surface area contributed by atoms with Gasteiger partial charge in [-0.25, -0.2) is 9.48 Å². The molecular formula is C52H62N14O4Si. The number of ether oxygens (including phenoxy) is 1. The fourth-order valence-corrected chi connectivity index (χ4v) is 10.8. The van der Waals surface area contributed by atoms with Crippen LogP contribution in [0.4, 0.5) is 11.4 Å². The molecule has 6 heterocycles. The van der Waals surface area contributed by atoms with E-state index >= 15 is 0 Å². The summed E-state index contributed by atoms with van der Waals surface area (Å²) >= 11 is 0. The monoisotopic (exact) mass is 974 g/mol. The van der Waals surface area contributed by atoms with Crippen molar-refractivity contribution < 1.29 is 19.4 Å². The molecule has 0 spiro atoms. The number of anilines is 2. The molecule has 2 aromatic carbocycles. The van der Waals surface area contributed by atoms with Gasteiger partial charge in [0.1, 0.15) is 18.8 Å². The van der Waals surface area contributed by atoms with Gasteiger partial charge in [0.05, 0.1) is 36.2 Å². The van der Waals surface area contributed by atoms with Crippen LogP contribution in [-0.4, -0.2) is 90.8 Å². The number of nitrogens with zero attached hydrogens (tertiary/aromatic N) is 11. The van der Waals surface area contributed by atoms with E-state index in [9.17, 15) is 14.7 Å². The number of benzene rings is 2. The van der Waals surface area contributed by atoms with Gasteiger partial charge in [-0.15, -0.1) is 0 Å². The summed E-state index contributed by atoms with van der Waals surface area (Å²) in [5.74, 6) is 1.85. The predicted octanol–water partition coefficient (Wildman–Crippen LogP) is 7.43. The number of fused-ring (bicyclic) bond motifs is 4. The summed E-state index contributed by atoms with van der Waals surface area (Å²) in [7, 11) is 2.71. The van der Waals surface area contributed by atoms with Gasteiger partial charge in [0.25, 0.3) is 5.91 Å². The van der Waals surface area contributed by atoms with Crippen LogP contribution < -0.4 is 11.1 Å². The Kier molecular flexibility index (Phi) is 13.2. The molecule has 0 bridgehead atoms. The van der Waals surface area contributed by atoms with Crippen molar-refractivity contribution in [2.24, 2.45) is 37.8 Å². The van der Waals surface area contributed by atoms with Gasteiger partial charge in [-0.05, 0) is 79.4 Å². The number of carbonyl (C=O) groups is 2. The number of nitrogens with two attached hydrogens (primary N) is 1. The van der Waals surface area contributed by atoms with Crippen LogP contribution in [0.1, 0.15) is 90.7 Å². The zero-order chi connectivity index (χ0) is 49.4. The van der Waals surface area contributed by atoms with E-state index in [1.54, 1.807) is 26.4 Å². The lowest BCUT2D eigenvalue weighted by atomic mass is 9.96. The van der Waals surface area contributed by atoms with E-state index in [1.807, 2.05) is 97.0 Å². The Bertz CT molecular complexity index is 3080. The molecule has 18 nitrogen and oxygen atoms in total. The number of H-pyrrole nitrogens is 1. The van der Waals surface area contributed by atoms with Crippen molar-refractivity contribution in [1.29, 1.82) is 0 Å². The first-order chi connectivity index (χ1) is 34.2. The van der Waals surface area contributed by atoms with E-state index in [4.69, 9.17) is 10.5 Å². The van der Waals surface area contributed by atoms with E-state index in [0.29, 0.717) is 29.7 Å². The van der Waals surface area contributed by atoms with Crippen molar-refractivity contribution in [3.05, 3.63) is 166 Å². The first-order valence-corrected chi connectivity index (χ1v) is 28.1. The summed E-state index contributed by atoms with van der Waals surface area (Å²) in [6.07, 6.45) is 21.1. The standard InChI is InChI=1S/C23H23N7O.C15H24N2O3Si.C14H15N5/c1-29-12-17(10-24-29)22(14-5-3-2-4-6-14)30-13-18(11-25-30)26-23(31)21-19-8-15-7-16(15)9-20(19)27-28-21;1-21(2,3)5-4-20-9-17-13-8-11-6-10(11)7-12(13)14(16-17)15(18)19;1-18-9-12(7-16-18)14(11-5-3-2-4-6-11)19-10-13(15)8-17-19/h2-6,10-13,15-16,22H,7-9H2,1H3,(H,26,31)(H,27,28);10-11H,4-9H2,1-3H3,(H,18,19);2-10,14H,15H2,1H3. The summed E-state index contributed by atoms with van der Waals surface area (Å²) in [5, 5.41) is 41.4. The minimum absolute atomic E-state index is 0.00722. The van der Waals surface area contributed by atoms with Gasteiger partial charge >= 0.3 is 5.97 Å². The van der Waals surface area contributed by atoms with Gasteiger partial charge in [-0.3, -0.25) is 28.6 Å². The average molecular weight is 975 g/mol. The van der Waals surface area contributed by atoms with Crippen molar-refractivity contribution >= 4 is 31.3 Å². The molecule has 2 saturated carbocycles. The molecule has 12 rings (SSSR count). The van der Waals surface area contributed by atoms with Crippen LogP contribution in [0.3, 0.4) is 0 Å². The number of nitrogens with one attached hydrogen (secondary N) is 2. The zero-order valence-electron chi connectivity index (χ0n) is 40.9. The van der Waals surface area contributed by atoms with Crippen LogP contribution >= 0.6 is 0 Å². The average Bonchev–Trinajstić information content (AvgIpc) is 3.69. The molecule has 8 aromatic rings. The molecule has 0 aliphatic heterocycles. The molecule has 0 saturated heterocycles. The summed E-state index contributed by atoms with van der Waals surface area (Å²) < 4.78 is 14.8. The molecule has 5 N–H and O–H groups in total. The highest BCUT2D eigenvalue weighted by atomic mass is 28.3. The number of rotatable bonds is 14. The van der Waals surface area contributed by atoms with Crippen LogP contribution in [0.2, 0.25) is 25.7 Å². The molecule has 0 radical (unpaired) electrons. The first kappa shape index (κ1) is 47.3. The summed E-state index contributed by atoms with van der Waals surface area (Å²) in [4.78, 5) is 24.3. The lowest BCUT2D eigenvalue weighted by Crippen LogP contribution is -2.22. The fraction of sp³-hybridized carbons (Fsp3) is 0.385. The number of carbonyl (C=O) groups excluding carboxylic acids is 1. The molecule has 2 fully saturated rings. The molecule has 6 unspecified atom stereocenters. The Morgan fingerprint density at radius 2 is 1.31 bits per heavy atom. The number of aromatic carboxylic acids is 1. The number of aryl methyl sites for hydroxylation is 2. The van der Waals surface area contributed by atoms with E-state index in [0.717, 1.165) is 101 Å². The second-order valence-electron chi connectivity index (χ2n) is 20.7. The maximum atomic E-state index is 12.9. The Balaban J connectivity index is 0.000000128. The second-order valence-corrected chi connectivity index (χ2v) is 26.3. The number of carboxylic acids is 1. The highest BCUT2D eigenvalue weighted by Crippen LogP contribution is 2.49. The Morgan fingerprint density at radius 3 is 1.87 bits per heavy atom. The number of hydrogen-bond donors (Lipinski definition) is 4. The van der Waals surface area contributed by atoms with Gasteiger partial charge < -0.3 is 20.9 Å². The van der Waals surface area contributed by atoms with Crippen molar-refractivity contribution in [3.8, 4) is 0 Å². The van der Waals surface area contributed by atoms with Gasteiger partial charge in [-0.1, -0.05) is 80.3 Å². The molecule has 4 aliphatic carbocycles. The third kappa shape index (κ3) is 10.9. The minimum Gasteiger partial charge on any atom is -0.476 e. The van der Waals surface area contributed by atoms with Crippen molar-refractivity contribution in [1.82, 2.24) is 59.1 Å². The lowest BCUT2D eigenvalue weighted by Gasteiger charge is -2.17. The molecule has 6 atom stereocenters. The number of hydrogen-bond acceptors (Lipinski definition) is 10. The molecule has 4 aliphatic rings. The SMILES string of the molecule is C[Si](C)(C)CCOCn1nc(C(=O)O)c2c1CC1CC1C2.Cn1cc(C(c2ccccc2)n2cc(N)cn2)cn1.Cn1cc(C(c2ccccc2)n2cc(NC(=O)c3n[nH]c4c3CC3CC3C4)cn2)cn1. The summed E-state index contributed by atoms with van der Waals surface area (Å²) in [6.45, 7) is 8.09. The van der Waals surface area contributed by atoms with Crippen LogP contribution in [0, 0.1) is 23.7 Å².